The van der Waals surface area contributed by atoms with Crippen molar-refractivity contribution in [2.24, 2.45) is 0 Å². The SMILES string of the molecule is CC(C)(C)[Si](C)(C)Oc1cc(Br)cc(F)c1[N+](=O)[O-]. The minimum absolute atomic E-state index is 0.0107. The van der Waals surface area contributed by atoms with Gasteiger partial charge in [0.25, 0.3) is 8.32 Å². The Kier molecular flexibility index (Phi) is 4.41. The lowest BCUT2D eigenvalue weighted by Gasteiger charge is -2.36. The van der Waals surface area contributed by atoms with Gasteiger partial charge in [-0.2, -0.15) is 4.39 Å². The highest BCUT2D eigenvalue weighted by molar-refractivity contribution is 9.10. The monoisotopic (exact) mass is 349 g/mol. The van der Waals surface area contributed by atoms with Crippen molar-refractivity contribution in [1.29, 1.82) is 0 Å². The average molecular weight is 350 g/mol. The number of hydrogen-bond acceptors (Lipinski definition) is 3. The van der Waals surface area contributed by atoms with Crippen molar-refractivity contribution in [1.82, 2.24) is 0 Å². The molecule has 0 unspecified atom stereocenters. The normalized spacial score (nSPS) is 12.4. The van der Waals surface area contributed by atoms with Crippen LogP contribution in [0.3, 0.4) is 0 Å². The molecule has 0 atom stereocenters. The second-order valence-electron chi connectivity index (χ2n) is 5.85. The van der Waals surface area contributed by atoms with Crippen LogP contribution in [0.4, 0.5) is 10.1 Å². The fourth-order valence-electron chi connectivity index (χ4n) is 1.23. The van der Waals surface area contributed by atoms with E-state index in [1.54, 1.807) is 0 Å². The average Bonchev–Trinajstić information content (AvgIpc) is 2.12. The van der Waals surface area contributed by atoms with Crippen LogP contribution in [0.5, 0.6) is 5.75 Å². The fraction of sp³-hybridized carbons (Fsp3) is 0.500. The van der Waals surface area contributed by atoms with E-state index in [1.165, 1.54) is 6.07 Å². The minimum Gasteiger partial charge on any atom is -0.539 e. The van der Waals surface area contributed by atoms with Crippen LogP contribution in [0.15, 0.2) is 16.6 Å². The first kappa shape index (κ1) is 16.1. The Bertz CT molecular complexity index is 514. The highest BCUT2D eigenvalue weighted by Gasteiger charge is 2.41. The molecule has 1 aromatic rings. The quantitative estimate of drug-likeness (QED) is 0.443. The van der Waals surface area contributed by atoms with E-state index in [1.807, 2.05) is 33.9 Å². The van der Waals surface area contributed by atoms with E-state index in [0.717, 1.165) is 6.07 Å². The Morgan fingerprint density at radius 3 is 2.32 bits per heavy atom. The van der Waals surface area contributed by atoms with Crippen molar-refractivity contribution in [2.75, 3.05) is 0 Å². The van der Waals surface area contributed by atoms with Crippen molar-refractivity contribution >= 4 is 29.9 Å². The second kappa shape index (κ2) is 5.20. The van der Waals surface area contributed by atoms with Crippen LogP contribution in [-0.2, 0) is 0 Å². The lowest BCUT2D eigenvalue weighted by Crippen LogP contribution is -2.44. The Balaban J connectivity index is 3.32. The molecule has 0 fully saturated rings. The van der Waals surface area contributed by atoms with Crippen LogP contribution < -0.4 is 4.43 Å². The van der Waals surface area contributed by atoms with Crippen molar-refractivity contribution in [3.05, 3.63) is 32.5 Å². The third-order valence-corrected chi connectivity index (χ3v) is 8.15. The first-order chi connectivity index (χ1) is 8.45. The molecule has 0 aliphatic rings. The Hall–Kier alpha value is -0.953. The topological polar surface area (TPSA) is 52.4 Å². The maximum Gasteiger partial charge on any atom is 0.344 e. The zero-order valence-electron chi connectivity index (χ0n) is 11.6. The van der Waals surface area contributed by atoms with Crippen LogP contribution in [-0.4, -0.2) is 13.2 Å². The maximum absolute atomic E-state index is 13.7. The summed E-state index contributed by atoms with van der Waals surface area (Å²) in [6, 6.07) is 2.51. The summed E-state index contributed by atoms with van der Waals surface area (Å²) in [7, 11) is -2.26. The molecule has 0 saturated heterocycles. The summed E-state index contributed by atoms with van der Waals surface area (Å²) in [5.41, 5.74) is -0.604. The highest BCUT2D eigenvalue weighted by atomic mass is 79.9. The Morgan fingerprint density at radius 2 is 1.89 bits per heavy atom. The zero-order chi connectivity index (χ0) is 15.0. The van der Waals surface area contributed by atoms with E-state index in [9.17, 15) is 14.5 Å². The molecule has 106 valence electrons. The molecular weight excluding hydrogens is 333 g/mol. The number of nitro groups is 1. The Labute approximate surface area is 121 Å². The van der Waals surface area contributed by atoms with Gasteiger partial charge in [-0.3, -0.25) is 10.1 Å². The summed E-state index contributed by atoms with van der Waals surface area (Å²) < 4.78 is 20.0. The molecule has 1 rings (SSSR count). The van der Waals surface area contributed by atoms with Crippen molar-refractivity contribution < 1.29 is 13.7 Å². The molecule has 0 aromatic heterocycles. The lowest BCUT2D eigenvalue weighted by atomic mass is 10.2. The van der Waals surface area contributed by atoms with Gasteiger partial charge in [-0.25, -0.2) is 0 Å². The first-order valence-corrected chi connectivity index (χ1v) is 9.48. The number of nitrogens with zero attached hydrogens (tertiary/aromatic N) is 1. The van der Waals surface area contributed by atoms with E-state index in [-0.39, 0.29) is 10.8 Å². The van der Waals surface area contributed by atoms with Gasteiger partial charge in [0.1, 0.15) is 0 Å². The van der Waals surface area contributed by atoms with Gasteiger partial charge in [0.15, 0.2) is 5.75 Å². The zero-order valence-corrected chi connectivity index (χ0v) is 14.2. The second-order valence-corrected chi connectivity index (χ2v) is 11.5. The molecule has 4 nitrogen and oxygen atoms in total. The fourth-order valence-corrected chi connectivity index (χ4v) is 2.65. The van der Waals surface area contributed by atoms with E-state index in [0.29, 0.717) is 4.47 Å². The van der Waals surface area contributed by atoms with Crippen LogP contribution in [0, 0.1) is 15.9 Å². The van der Waals surface area contributed by atoms with Gasteiger partial charge >= 0.3 is 5.69 Å². The molecule has 7 heteroatoms. The smallest absolute Gasteiger partial charge is 0.344 e. The van der Waals surface area contributed by atoms with Gasteiger partial charge in [-0.1, -0.05) is 36.7 Å². The van der Waals surface area contributed by atoms with Crippen molar-refractivity contribution in [3.8, 4) is 5.75 Å². The molecule has 0 saturated carbocycles. The van der Waals surface area contributed by atoms with Gasteiger partial charge in [0, 0.05) is 10.5 Å². The maximum atomic E-state index is 13.7. The largest absolute Gasteiger partial charge is 0.539 e. The number of rotatable bonds is 3. The minimum atomic E-state index is -2.26. The van der Waals surface area contributed by atoms with E-state index in [2.05, 4.69) is 15.9 Å². The Morgan fingerprint density at radius 1 is 1.37 bits per heavy atom. The van der Waals surface area contributed by atoms with Gasteiger partial charge in [0.05, 0.1) is 4.92 Å². The van der Waals surface area contributed by atoms with Crippen LogP contribution >= 0.6 is 15.9 Å². The predicted molar refractivity (Wildman–Crippen MR) is 78.6 cm³/mol. The molecule has 0 radical (unpaired) electrons. The molecule has 0 bridgehead atoms. The predicted octanol–water partition coefficient (Wildman–Crippen LogP) is 4.88. The van der Waals surface area contributed by atoms with Gasteiger partial charge in [0.2, 0.25) is 5.82 Å². The molecule has 0 aliphatic carbocycles. The third-order valence-electron chi connectivity index (χ3n) is 3.35. The highest BCUT2D eigenvalue weighted by Crippen LogP contribution is 2.41. The van der Waals surface area contributed by atoms with Gasteiger partial charge < -0.3 is 4.43 Å². The van der Waals surface area contributed by atoms with Crippen molar-refractivity contribution in [3.63, 3.8) is 0 Å². The summed E-state index contributed by atoms with van der Waals surface area (Å²) in [6.07, 6.45) is 0. The molecule has 19 heavy (non-hydrogen) atoms. The number of nitro benzene ring substituents is 1. The molecule has 0 aliphatic heterocycles. The molecule has 0 heterocycles. The number of benzene rings is 1. The van der Waals surface area contributed by atoms with Gasteiger partial charge in [-0.15, -0.1) is 0 Å². The third kappa shape index (κ3) is 3.53. The van der Waals surface area contributed by atoms with E-state index < -0.39 is 24.7 Å². The molecule has 1 aromatic carbocycles. The van der Waals surface area contributed by atoms with Crippen LogP contribution in [0.25, 0.3) is 0 Å². The first-order valence-electron chi connectivity index (χ1n) is 5.78. The standard InChI is InChI=1S/C12H17BrFNO3Si/c1-12(2,3)19(4,5)18-10-7-8(13)6-9(14)11(10)15(16)17/h6-7H,1-5H3. The summed E-state index contributed by atoms with van der Waals surface area (Å²) >= 11 is 3.13. The molecule has 0 amide bonds. The summed E-state index contributed by atoms with van der Waals surface area (Å²) in [4.78, 5) is 10.2. The molecule has 0 N–H and O–H groups in total. The van der Waals surface area contributed by atoms with Crippen LogP contribution in [0.2, 0.25) is 18.1 Å². The lowest BCUT2D eigenvalue weighted by molar-refractivity contribution is -0.388. The summed E-state index contributed by atoms with van der Waals surface area (Å²) in [5.74, 6) is -0.906. The summed E-state index contributed by atoms with van der Waals surface area (Å²) in [6.45, 7) is 9.95. The van der Waals surface area contributed by atoms with Crippen molar-refractivity contribution in [2.45, 2.75) is 38.9 Å². The molecular formula is C12H17BrFNO3Si. The van der Waals surface area contributed by atoms with Gasteiger partial charge in [-0.05, 0) is 24.2 Å². The molecule has 0 spiro atoms. The van der Waals surface area contributed by atoms with Crippen LogP contribution in [0.1, 0.15) is 20.8 Å². The number of halogens is 2. The summed E-state index contributed by atoms with van der Waals surface area (Å²) in [5, 5.41) is 10.8. The van der Waals surface area contributed by atoms with E-state index >= 15 is 0 Å². The number of hydrogen-bond donors (Lipinski definition) is 0. The van der Waals surface area contributed by atoms with E-state index in [4.69, 9.17) is 4.43 Å².